The molecule has 20 heavy (non-hydrogen) atoms. The minimum atomic E-state index is -0.923. The first-order chi connectivity index (χ1) is 9.52. The van der Waals surface area contributed by atoms with Crippen molar-refractivity contribution in [3.63, 3.8) is 0 Å². The number of carbonyl (C=O) groups is 1. The first-order valence-corrected chi connectivity index (χ1v) is 8.10. The SMILES string of the molecule is C[C@H](O)CCCCCCCCCCC[C@@H](O)CC(=O)O. The van der Waals surface area contributed by atoms with E-state index in [1.54, 1.807) is 0 Å². The van der Waals surface area contributed by atoms with Crippen molar-refractivity contribution in [1.29, 1.82) is 0 Å². The van der Waals surface area contributed by atoms with Gasteiger partial charge in [-0.05, 0) is 19.8 Å². The van der Waals surface area contributed by atoms with Gasteiger partial charge < -0.3 is 15.3 Å². The fourth-order valence-corrected chi connectivity index (χ4v) is 2.36. The molecule has 2 atom stereocenters. The summed E-state index contributed by atoms with van der Waals surface area (Å²) in [6.07, 6.45) is 11.1. The number of rotatable bonds is 14. The van der Waals surface area contributed by atoms with Crippen LogP contribution >= 0.6 is 0 Å². The highest BCUT2D eigenvalue weighted by molar-refractivity contribution is 5.67. The second kappa shape index (κ2) is 13.4. The lowest BCUT2D eigenvalue weighted by Crippen LogP contribution is -2.12. The van der Waals surface area contributed by atoms with Crippen molar-refractivity contribution in [3.8, 4) is 0 Å². The topological polar surface area (TPSA) is 77.8 Å². The Morgan fingerprint density at radius 2 is 1.20 bits per heavy atom. The van der Waals surface area contributed by atoms with Crippen molar-refractivity contribution < 1.29 is 20.1 Å². The molecular formula is C16H32O4. The van der Waals surface area contributed by atoms with Crippen LogP contribution in [-0.2, 0) is 4.79 Å². The van der Waals surface area contributed by atoms with Crippen LogP contribution in [0.5, 0.6) is 0 Å². The van der Waals surface area contributed by atoms with E-state index in [1.165, 1.54) is 38.5 Å². The van der Waals surface area contributed by atoms with Gasteiger partial charge in [0.2, 0.25) is 0 Å². The third kappa shape index (κ3) is 15.4. The number of hydrogen-bond donors (Lipinski definition) is 3. The summed E-state index contributed by atoms with van der Waals surface area (Å²) in [6.45, 7) is 1.84. The lowest BCUT2D eigenvalue weighted by atomic mass is 10.0. The molecule has 0 rings (SSSR count). The first-order valence-electron chi connectivity index (χ1n) is 8.10. The van der Waals surface area contributed by atoms with E-state index >= 15 is 0 Å². The Morgan fingerprint density at radius 1 is 0.800 bits per heavy atom. The molecule has 0 bridgehead atoms. The summed E-state index contributed by atoms with van der Waals surface area (Å²) in [5, 5.41) is 27.0. The monoisotopic (exact) mass is 288 g/mol. The molecule has 0 aliphatic carbocycles. The molecule has 0 unspecified atom stereocenters. The average Bonchev–Trinajstić information content (AvgIpc) is 2.34. The van der Waals surface area contributed by atoms with Crippen LogP contribution in [0.25, 0.3) is 0 Å². The molecule has 0 fully saturated rings. The van der Waals surface area contributed by atoms with Crippen LogP contribution < -0.4 is 0 Å². The number of aliphatic hydroxyl groups excluding tert-OH is 2. The second-order valence-corrected chi connectivity index (χ2v) is 5.86. The maximum absolute atomic E-state index is 10.4. The maximum Gasteiger partial charge on any atom is 0.305 e. The molecule has 120 valence electrons. The van der Waals surface area contributed by atoms with E-state index in [2.05, 4.69) is 0 Å². The van der Waals surface area contributed by atoms with Crippen LogP contribution in [0.4, 0.5) is 0 Å². The quantitative estimate of drug-likeness (QED) is 0.428. The van der Waals surface area contributed by atoms with Crippen molar-refractivity contribution in [2.45, 2.75) is 96.2 Å². The fourth-order valence-electron chi connectivity index (χ4n) is 2.36. The molecule has 0 aromatic heterocycles. The third-order valence-corrected chi connectivity index (χ3v) is 3.57. The van der Waals surface area contributed by atoms with Gasteiger partial charge in [-0.25, -0.2) is 0 Å². The van der Waals surface area contributed by atoms with Gasteiger partial charge in [0.05, 0.1) is 18.6 Å². The van der Waals surface area contributed by atoms with Crippen molar-refractivity contribution in [2.75, 3.05) is 0 Å². The molecule has 0 saturated carbocycles. The molecule has 3 N–H and O–H groups in total. The van der Waals surface area contributed by atoms with E-state index in [9.17, 15) is 9.90 Å². The predicted molar refractivity (Wildman–Crippen MR) is 80.7 cm³/mol. The van der Waals surface area contributed by atoms with Crippen LogP contribution in [0, 0.1) is 0 Å². The van der Waals surface area contributed by atoms with Crippen LogP contribution in [0.2, 0.25) is 0 Å². The van der Waals surface area contributed by atoms with Gasteiger partial charge >= 0.3 is 5.97 Å². The minimum Gasteiger partial charge on any atom is -0.481 e. The predicted octanol–water partition coefficient (Wildman–Crippen LogP) is 3.49. The number of hydrogen-bond acceptors (Lipinski definition) is 3. The molecule has 0 radical (unpaired) electrons. The van der Waals surface area contributed by atoms with E-state index in [-0.39, 0.29) is 12.5 Å². The van der Waals surface area contributed by atoms with Gasteiger partial charge in [0.25, 0.3) is 0 Å². The molecule has 0 aliphatic rings. The number of carboxylic acid groups (broad SMARTS) is 1. The molecular weight excluding hydrogens is 256 g/mol. The zero-order valence-corrected chi connectivity index (χ0v) is 12.9. The highest BCUT2D eigenvalue weighted by Gasteiger charge is 2.08. The lowest BCUT2D eigenvalue weighted by molar-refractivity contribution is -0.139. The molecule has 0 aliphatic heterocycles. The molecule has 4 heteroatoms. The van der Waals surface area contributed by atoms with Crippen molar-refractivity contribution >= 4 is 5.97 Å². The molecule has 0 spiro atoms. The lowest BCUT2D eigenvalue weighted by Gasteiger charge is -2.07. The Kier molecular flexibility index (Phi) is 13.0. The largest absolute Gasteiger partial charge is 0.481 e. The van der Waals surface area contributed by atoms with Gasteiger partial charge in [0, 0.05) is 0 Å². The summed E-state index contributed by atoms with van der Waals surface area (Å²) in [6, 6.07) is 0. The van der Waals surface area contributed by atoms with E-state index in [1.807, 2.05) is 6.92 Å². The zero-order chi connectivity index (χ0) is 15.2. The van der Waals surface area contributed by atoms with Crippen molar-refractivity contribution in [2.24, 2.45) is 0 Å². The number of aliphatic hydroxyl groups is 2. The molecule has 0 heterocycles. The summed E-state index contributed by atoms with van der Waals surface area (Å²) in [4.78, 5) is 10.4. The summed E-state index contributed by atoms with van der Waals surface area (Å²) >= 11 is 0. The highest BCUT2D eigenvalue weighted by Crippen LogP contribution is 2.13. The molecule has 0 amide bonds. The van der Waals surface area contributed by atoms with E-state index < -0.39 is 12.1 Å². The third-order valence-electron chi connectivity index (χ3n) is 3.57. The summed E-state index contributed by atoms with van der Waals surface area (Å²) in [7, 11) is 0. The van der Waals surface area contributed by atoms with Crippen LogP contribution in [0.1, 0.15) is 84.0 Å². The second-order valence-electron chi connectivity index (χ2n) is 5.86. The standard InChI is InChI=1S/C16H32O4/c1-14(17)11-9-7-5-3-2-4-6-8-10-12-15(18)13-16(19)20/h14-15,17-18H,2-13H2,1H3,(H,19,20)/t14-,15+/m0/s1. The van der Waals surface area contributed by atoms with E-state index in [0.29, 0.717) is 6.42 Å². The number of aliphatic carboxylic acids is 1. The number of carboxylic acids is 1. The van der Waals surface area contributed by atoms with Gasteiger partial charge in [-0.15, -0.1) is 0 Å². The van der Waals surface area contributed by atoms with Crippen molar-refractivity contribution in [3.05, 3.63) is 0 Å². The Morgan fingerprint density at radius 3 is 1.60 bits per heavy atom. The highest BCUT2D eigenvalue weighted by atomic mass is 16.4. The van der Waals surface area contributed by atoms with Crippen LogP contribution in [0.3, 0.4) is 0 Å². The van der Waals surface area contributed by atoms with E-state index in [0.717, 1.165) is 25.7 Å². The Labute approximate surface area is 123 Å². The normalized spacial score (nSPS) is 14.2. The molecule has 0 saturated heterocycles. The van der Waals surface area contributed by atoms with E-state index in [4.69, 9.17) is 10.2 Å². The molecule has 0 aromatic carbocycles. The smallest absolute Gasteiger partial charge is 0.305 e. The Balaban J connectivity index is 3.11. The van der Waals surface area contributed by atoms with Gasteiger partial charge in [-0.3, -0.25) is 4.79 Å². The Hall–Kier alpha value is -0.610. The maximum atomic E-state index is 10.4. The summed E-state index contributed by atoms with van der Waals surface area (Å²) < 4.78 is 0. The summed E-state index contributed by atoms with van der Waals surface area (Å²) in [5.41, 5.74) is 0. The minimum absolute atomic E-state index is 0.132. The fraction of sp³-hybridized carbons (Fsp3) is 0.938. The van der Waals surface area contributed by atoms with Gasteiger partial charge in [0.15, 0.2) is 0 Å². The zero-order valence-electron chi connectivity index (χ0n) is 12.9. The first kappa shape index (κ1) is 19.4. The number of unbranched alkanes of at least 4 members (excludes halogenated alkanes) is 8. The van der Waals surface area contributed by atoms with Gasteiger partial charge in [-0.2, -0.15) is 0 Å². The van der Waals surface area contributed by atoms with Gasteiger partial charge in [-0.1, -0.05) is 57.8 Å². The van der Waals surface area contributed by atoms with Crippen LogP contribution in [-0.4, -0.2) is 33.5 Å². The van der Waals surface area contributed by atoms with Gasteiger partial charge in [0.1, 0.15) is 0 Å². The molecule has 4 nitrogen and oxygen atoms in total. The van der Waals surface area contributed by atoms with Crippen LogP contribution in [0.15, 0.2) is 0 Å². The Bertz CT molecular complexity index is 229. The average molecular weight is 288 g/mol. The summed E-state index contributed by atoms with van der Waals surface area (Å²) in [5.74, 6) is -0.923. The molecule has 0 aromatic rings. The van der Waals surface area contributed by atoms with Crippen molar-refractivity contribution in [1.82, 2.24) is 0 Å².